The number of aromatic nitrogens is 3. The topological polar surface area (TPSA) is 111 Å². The van der Waals surface area contributed by atoms with Crippen molar-refractivity contribution in [1.29, 1.82) is 5.26 Å². The molecular weight excluding hydrogens is 601 g/mol. The quantitative estimate of drug-likeness (QED) is 0.135. The zero-order valence-corrected chi connectivity index (χ0v) is 26.0. The van der Waals surface area contributed by atoms with E-state index in [0.717, 1.165) is 67.7 Å². The fourth-order valence-electron chi connectivity index (χ4n) is 5.81. The lowest BCUT2D eigenvalue weighted by Gasteiger charge is -2.33. The molecule has 1 saturated heterocycles. The van der Waals surface area contributed by atoms with Crippen LogP contribution in [0.15, 0.2) is 43.2 Å². The zero-order chi connectivity index (χ0) is 32.0. The lowest BCUT2D eigenvalue weighted by Crippen LogP contribution is -2.39. The fourth-order valence-corrected chi connectivity index (χ4v) is 6.84. The highest BCUT2D eigenvalue weighted by atomic mass is 32.1. The summed E-state index contributed by atoms with van der Waals surface area (Å²) in [5.41, 5.74) is 4.07. The molecule has 4 heterocycles. The number of hydrogen-bond donors (Lipinski definition) is 3. The molecule has 9 nitrogen and oxygen atoms in total. The number of nitrogens with zero attached hydrogens (tertiary/aromatic N) is 5. The normalized spacial score (nSPS) is 14.6. The largest absolute Gasteiger partial charge is 0.393 e. The molecule has 1 aromatic carbocycles. The Kier molecular flexibility index (Phi) is 10.4. The van der Waals surface area contributed by atoms with Crippen molar-refractivity contribution in [3.63, 3.8) is 0 Å². The van der Waals surface area contributed by atoms with Crippen molar-refractivity contribution in [3.8, 4) is 6.07 Å². The van der Waals surface area contributed by atoms with Crippen molar-refractivity contribution in [2.45, 2.75) is 57.9 Å². The number of halogens is 3. The van der Waals surface area contributed by atoms with Crippen molar-refractivity contribution in [3.05, 3.63) is 64.9 Å². The fraction of sp³-hybridized carbons (Fsp3) is 0.438. The van der Waals surface area contributed by atoms with E-state index >= 15 is 0 Å². The van der Waals surface area contributed by atoms with Crippen LogP contribution in [0.25, 0.3) is 21.1 Å². The van der Waals surface area contributed by atoms with Crippen LogP contribution < -0.4 is 16.0 Å². The molecule has 238 valence electrons. The summed E-state index contributed by atoms with van der Waals surface area (Å²) in [6, 6.07) is 10.3. The van der Waals surface area contributed by atoms with Gasteiger partial charge in [-0.15, -0.1) is 11.3 Å². The SMILES string of the molecule is C=CC(=O)NCCCNCCn1c(C#N)cc2c(C)c(CN3CCC(Nc4ncnc5sc(CC(F)(F)F)cc45)CC3)ccc21. The number of aryl methyl sites for hydroxylation is 1. The summed E-state index contributed by atoms with van der Waals surface area (Å²) >= 11 is 1.06. The Hall–Kier alpha value is -3.99. The first kappa shape index (κ1) is 32.4. The van der Waals surface area contributed by atoms with Gasteiger partial charge in [0.15, 0.2) is 0 Å². The van der Waals surface area contributed by atoms with Crippen molar-refractivity contribution in [2.75, 3.05) is 38.0 Å². The summed E-state index contributed by atoms with van der Waals surface area (Å²) in [6.45, 7) is 10.8. The second kappa shape index (κ2) is 14.4. The van der Waals surface area contributed by atoms with E-state index in [4.69, 9.17) is 0 Å². The molecule has 45 heavy (non-hydrogen) atoms. The van der Waals surface area contributed by atoms with Gasteiger partial charge in [0.1, 0.15) is 28.7 Å². The number of rotatable bonds is 13. The van der Waals surface area contributed by atoms with Crippen LogP contribution in [0.1, 0.15) is 41.0 Å². The van der Waals surface area contributed by atoms with Crippen molar-refractivity contribution >= 4 is 44.2 Å². The number of benzene rings is 1. The van der Waals surface area contributed by atoms with Crippen LogP contribution >= 0.6 is 11.3 Å². The maximum atomic E-state index is 12.9. The zero-order valence-electron chi connectivity index (χ0n) is 25.2. The van der Waals surface area contributed by atoms with Crippen LogP contribution in [0.4, 0.5) is 19.0 Å². The highest BCUT2D eigenvalue weighted by molar-refractivity contribution is 7.18. The Morgan fingerprint density at radius 1 is 1.18 bits per heavy atom. The summed E-state index contributed by atoms with van der Waals surface area (Å²) in [4.78, 5) is 23.0. The van der Waals surface area contributed by atoms with Gasteiger partial charge < -0.3 is 20.5 Å². The Bertz CT molecular complexity index is 1700. The average molecular weight is 639 g/mol. The predicted octanol–water partition coefficient (Wildman–Crippen LogP) is 5.29. The standard InChI is InChI=1S/C32H37F3N8OS/c1-3-29(44)38-10-4-9-37-11-14-43-24(18-36)15-26-21(2)22(5-6-28(26)43)19-42-12-7-23(8-13-42)41-30-27-16-25(17-32(33,34)35)45-31(27)40-20-39-30/h3,5-6,15-16,20,23,37H,1,4,7-14,17,19H2,2H3,(H,38,44)(H,39,40,41). The maximum Gasteiger partial charge on any atom is 0.393 e. The number of carbonyl (C=O) groups excluding carboxylic acids is 1. The number of thiophene rings is 1. The van der Waals surface area contributed by atoms with Crippen LogP contribution in [0.5, 0.6) is 0 Å². The van der Waals surface area contributed by atoms with E-state index < -0.39 is 12.6 Å². The number of nitriles is 1. The third-order valence-electron chi connectivity index (χ3n) is 8.19. The van der Waals surface area contributed by atoms with Gasteiger partial charge in [-0.25, -0.2) is 9.97 Å². The van der Waals surface area contributed by atoms with Gasteiger partial charge in [0, 0.05) is 61.1 Å². The van der Waals surface area contributed by atoms with Crippen molar-refractivity contribution in [2.24, 2.45) is 0 Å². The number of piperidine rings is 1. The summed E-state index contributed by atoms with van der Waals surface area (Å²) in [5.74, 6) is 0.419. The molecule has 0 atom stereocenters. The molecule has 4 aromatic rings. The summed E-state index contributed by atoms with van der Waals surface area (Å²) in [7, 11) is 0. The smallest absolute Gasteiger partial charge is 0.367 e. The molecule has 0 radical (unpaired) electrons. The van der Waals surface area contributed by atoms with Crippen LogP contribution in [0, 0.1) is 18.3 Å². The summed E-state index contributed by atoms with van der Waals surface area (Å²) < 4.78 is 40.8. The minimum absolute atomic E-state index is 0.167. The Labute approximate surface area is 264 Å². The Balaban J connectivity index is 1.15. The first-order valence-corrected chi connectivity index (χ1v) is 15.9. The second-order valence-corrected chi connectivity index (χ2v) is 12.4. The number of hydrogen-bond acceptors (Lipinski definition) is 8. The van der Waals surface area contributed by atoms with E-state index in [9.17, 15) is 23.2 Å². The molecule has 1 aliphatic rings. The number of carbonyl (C=O) groups is 1. The molecule has 3 N–H and O–H groups in total. The molecule has 1 fully saturated rings. The van der Waals surface area contributed by atoms with Crippen LogP contribution in [-0.2, 0) is 24.3 Å². The van der Waals surface area contributed by atoms with E-state index in [1.807, 2.05) is 6.07 Å². The van der Waals surface area contributed by atoms with Gasteiger partial charge in [-0.1, -0.05) is 12.6 Å². The highest BCUT2D eigenvalue weighted by Crippen LogP contribution is 2.33. The summed E-state index contributed by atoms with van der Waals surface area (Å²) in [5, 5.41) is 21.1. The molecule has 5 rings (SSSR count). The Morgan fingerprint density at radius 2 is 1.98 bits per heavy atom. The highest BCUT2D eigenvalue weighted by Gasteiger charge is 2.29. The first-order valence-electron chi connectivity index (χ1n) is 15.1. The van der Waals surface area contributed by atoms with Gasteiger partial charge in [-0.2, -0.15) is 18.4 Å². The molecule has 1 aliphatic heterocycles. The van der Waals surface area contributed by atoms with E-state index in [-0.39, 0.29) is 16.8 Å². The molecular formula is C32H37F3N8OS. The number of amides is 1. The van der Waals surface area contributed by atoms with Gasteiger partial charge in [0.25, 0.3) is 0 Å². The Morgan fingerprint density at radius 3 is 2.71 bits per heavy atom. The lowest BCUT2D eigenvalue weighted by molar-refractivity contribution is -0.126. The number of nitrogens with one attached hydrogen (secondary N) is 3. The minimum Gasteiger partial charge on any atom is -0.367 e. The number of fused-ring (bicyclic) bond motifs is 2. The van der Waals surface area contributed by atoms with E-state index in [1.54, 1.807) is 6.07 Å². The molecule has 0 spiro atoms. The van der Waals surface area contributed by atoms with E-state index in [2.05, 4.69) is 67.1 Å². The van der Waals surface area contributed by atoms with Crippen LogP contribution in [0.2, 0.25) is 0 Å². The number of alkyl halides is 3. The summed E-state index contributed by atoms with van der Waals surface area (Å²) in [6.07, 6.45) is 0.0180. The van der Waals surface area contributed by atoms with Gasteiger partial charge in [-0.05, 0) is 68.1 Å². The molecule has 0 saturated carbocycles. The molecule has 0 aliphatic carbocycles. The third-order valence-corrected chi connectivity index (χ3v) is 9.23. The maximum absolute atomic E-state index is 12.9. The van der Waals surface area contributed by atoms with Crippen molar-refractivity contribution in [1.82, 2.24) is 30.1 Å². The molecule has 0 bridgehead atoms. The second-order valence-electron chi connectivity index (χ2n) is 11.3. The van der Waals surface area contributed by atoms with Gasteiger partial charge in [0.05, 0.1) is 11.8 Å². The van der Waals surface area contributed by atoms with Crippen LogP contribution in [0.3, 0.4) is 0 Å². The molecule has 1 amide bonds. The van der Waals surface area contributed by atoms with Crippen molar-refractivity contribution < 1.29 is 18.0 Å². The molecule has 13 heteroatoms. The predicted molar refractivity (Wildman–Crippen MR) is 171 cm³/mol. The third kappa shape index (κ3) is 8.19. The van der Waals surface area contributed by atoms with Crippen LogP contribution in [-0.4, -0.2) is 70.3 Å². The number of likely N-dealkylation sites (tertiary alicyclic amines) is 1. The minimum atomic E-state index is -4.26. The average Bonchev–Trinajstić information content (AvgIpc) is 3.59. The molecule has 0 unspecified atom stereocenters. The van der Waals surface area contributed by atoms with E-state index in [1.165, 1.54) is 23.5 Å². The molecule has 3 aromatic heterocycles. The van der Waals surface area contributed by atoms with Gasteiger partial charge in [0.2, 0.25) is 5.91 Å². The number of anilines is 1. The lowest BCUT2D eigenvalue weighted by atomic mass is 10.0. The first-order chi connectivity index (χ1) is 21.6. The monoisotopic (exact) mass is 638 g/mol. The van der Waals surface area contributed by atoms with Gasteiger partial charge >= 0.3 is 6.18 Å². The van der Waals surface area contributed by atoms with E-state index in [0.29, 0.717) is 41.4 Å². The van der Waals surface area contributed by atoms with Gasteiger partial charge in [-0.3, -0.25) is 9.69 Å².